The maximum absolute atomic E-state index is 10.2. The second-order valence-corrected chi connectivity index (χ2v) is 7.14. The number of hydrogen-bond donors (Lipinski definition) is 1. The number of hydrogen-bond acceptors (Lipinski definition) is 2. The summed E-state index contributed by atoms with van der Waals surface area (Å²) in [6, 6.07) is 19.0. The van der Waals surface area contributed by atoms with Crippen molar-refractivity contribution in [3.8, 4) is 0 Å². The van der Waals surface area contributed by atoms with Gasteiger partial charge in [0.05, 0.1) is 6.10 Å². The third-order valence-corrected chi connectivity index (χ3v) is 5.01. The Morgan fingerprint density at radius 3 is 2.44 bits per heavy atom. The zero-order valence-corrected chi connectivity index (χ0v) is 18.8. The van der Waals surface area contributed by atoms with Crippen molar-refractivity contribution >= 4 is 11.8 Å². The third-order valence-electron chi connectivity index (χ3n) is 5.01. The first kappa shape index (κ1) is 21.8. The van der Waals surface area contributed by atoms with Crippen molar-refractivity contribution in [3.05, 3.63) is 83.2 Å². The average molecular weight is 434 g/mol. The van der Waals surface area contributed by atoms with E-state index in [2.05, 4.69) is 40.1 Å². The van der Waals surface area contributed by atoms with Gasteiger partial charge in [0.2, 0.25) is 6.04 Å². The molecule has 3 unspecified atom stereocenters. The average Bonchev–Trinajstić information content (AvgIpc) is 3.09. The fourth-order valence-corrected chi connectivity index (χ4v) is 3.44. The van der Waals surface area contributed by atoms with Crippen LogP contribution < -0.4 is 4.90 Å². The number of nitrogens with zero attached hydrogens (tertiary/aromatic N) is 2. The molecule has 1 radical (unpaired) electrons. The van der Waals surface area contributed by atoms with Crippen LogP contribution in [-0.2, 0) is 32.7 Å². The van der Waals surface area contributed by atoms with Gasteiger partial charge in [-0.1, -0.05) is 38.1 Å². The van der Waals surface area contributed by atoms with Gasteiger partial charge in [0.1, 0.15) is 6.04 Å². The molecule has 0 bridgehead atoms. The van der Waals surface area contributed by atoms with Crippen molar-refractivity contribution in [3.63, 3.8) is 0 Å². The fourth-order valence-electron chi connectivity index (χ4n) is 3.44. The van der Waals surface area contributed by atoms with Crippen LogP contribution in [0.25, 0.3) is 10.9 Å². The predicted molar refractivity (Wildman–Crippen MR) is 107 cm³/mol. The maximum atomic E-state index is 10.2. The van der Waals surface area contributed by atoms with E-state index in [1.54, 1.807) is 0 Å². The van der Waals surface area contributed by atoms with Gasteiger partial charge in [0.15, 0.2) is 0 Å². The number of rotatable bonds is 5. The zero-order chi connectivity index (χ0) is 18.5. The van der Waals surface area contributed by atoms with Crippen molar-refractivity contribution in [2.24, 2.45) is 5.92 Å². The smallest absolute Gasteiger partial charge is 0.248 e. The van der Waals surface area contributed by atoms with Crippen molar-refractivity contribution in [2.45, 2.75) is 38.5 Å². The molecular weight excluding hydrogens is 409 g/mol. The van der Waals surface area contributed by atoms with E-state index in [1.807, 2.05) is 50.2 Å². The first-order valence-electron chi connectivity index (χ1n) is 9.15. The van der Waals surface area contributed by atoms with Gasteiger partial charge in [-0.25, -0.2) is 6.57 Å². The Morgan fingerprint density at radius 1 is 1.19 bits per heavy atom. The molecule has 3 atom stereocenters. The molecule has 137 valence electrons. The quantitative estimate of drug-likeness (QED) is 0.688. The maximum Gasteiger partial charge on any atom is 0.248 e. The molecule has 1 fully saturated rings. The summed E-state index contributed by atoms with van der Waals surface area (Å²) in [5, 5.41) is 10.2. The molecule has 3 nitrogen and oxygen atoms in total. The number of aliphatic hydroxyl groups is 1. The van der Waals surface area contributed by atoms with Gasteiger partial charge in [0, 0.05) is 51.4 Å². The van der Waals surface area contributed by atoms with E-state index < -0.39 is 6.10 Å². The molecule has 0 amide bonds. The van der Waals surface area contributed by atoms with Crippen molar-refractivity contribution in [1.29, 1.82) is 0 Å². The predicted octanol–water partition coefficient (Wildman–Crippen LogP) is 4.75. The molecule has 1 N–H and O–H groups in total. The summed E-state index contributed by atoms with van der Waals surface area (Å²) in [5.41, 5.74) is 3.17. The molecule has 4 heteroatoms. The molecule has 0 aliphatic carbocycles. The Morgan fingerprint density at radius 2 is 1.85 bits per heavy atom. The Kier molecular flexibility index (Phi) is 8.23. The SMILES string of the molecule is [C-]#[N+]C1CCN(c2ccc(C(O)C(C)C)cc2)C1/C=C/c1cc[c-]cc1.[Y]. The Hall–Kier alpha value is -1.47. The largest absolute Gasteiger partial charge is 0.388 e. The molecule has 27 heavy (non-hydrogen) atoms. The van der Waals surface area contributed by atoms with Gasteiger partial charge in [-0.3, -0.25) is 0 Å². The second kappa shape index (κ2) is 10.2. The number of aliphatic hydroxyl groups excluding tert-OH is 1. The minimum atomic E-state index is -0.441. The van der Waals surface area contributed by atoms with Crippen LogP contribution >= 0.6 is 0 Å². The molecule has 0 aromatic heterocycles. The van der Waals surface area contributed by atoms with Gasteiger partial charge >= 0.3 is 0 Å². The number of anilines is 1. The van der Waals surface area contributed by atoms with E-state index in [-0.39, 0.29) is 50.7 Å². The van der Waals surface area contributed by atoms with E-state index in [0.29, 0.717) is 0 Å². The summed E-state index contributed by atoms with van der Waals surface area (Å²) in [4.78, 5) is 6.13. The van der Waals surface area contributed by atoms with Crippen LogP contribution in [0.5, 0.6) is 0 Å². The van der Waals surface area contributed by atoms with E-state index in [0.717, 1.165) is 29.8 Å². The van der Waals surface area contributed by atoms with E-state index >= 15 is 0 Å². The topological polar surface area (TPSA) is 27.8 Å². The van der Waals surface area contributed by atoms with Crippen LogP contribution in [0.4, 0.5) is 5.69 Å². The van der Waals surface area contributed by atoms with Crippen LogP contribution in [0, 0.1) is 18.6 Å². The van der Waals surface area contributed by atoms with Gasteiger partial charge in [-0.2, -0.15) is 30.3 Å². The van der Waals surface area contributed by atoms with Crippen molar-refractivity contribution in [1.82, 2.24) is 0 Å². The Bertz CT molecular complexity index is 780. The molecular formula is C23H25N2OY-. The molecule has 3 rings (SSSR count). The zero-order valence-electron chi connectivity index (χ0n) is 15.9. The summed E-state index contributed by atoms with van der Waals surface area (Å²) < 4.78 is 0. The molecule has 1 aliphatic heterocycles. The van der Waals surface area contributed by atoms with Gasteiger partial charge < -0.3 is 14.9 Å². The monoisotopic (exact) mass is 434 g/mol. The fraction of sp³-hybridized carbons (Fsp3) is 0.348. The summed E-state index contributed by atoms with van der Waals surface area (Å²) in [7, 11) is 0. The summed E-state index contributed by atoms with van der Waals surface area (Å²) in [6.45, 7) is 12.4. The molecule has 2 aromatic carbocycles. The van der Waals surface area contributed by atoms with Crippen LogP contribution in [0.1, 0.15) is 37.5 Å². The summed E-state index contributed by atoms with van der Waals surface area (Å²) >= 11 is 0. The normalized spacial score (nSPS) is 20.5. The first-order chi connectivity index (χ1) is 12.6. The minimum absolute atomic E-state index is 0. The Labute approximate surface area is 187 Å². The first-order valence-corrected chi connectivity index (χ1v) is 9.15. The van der Waals surface area contributed by atoms with Crippen LogP contribution in [0.2, 0.25) is 0 Å². The molecule has 1 aliphatic rings. The van der Waals surface area contributed by atoms with Crippen molar-refractivity contribution < 1.29 is 37.8 Å². The second-order valence-electron chi connectivity index (χ2n) is 7.14. The molecule has 1 heterocycles. The van der Waals surface area contributed by atoms with Gasteiger partial charge in [-0.15, -0.1) is 5.56 Å². The van der Waals surface area contributed by atoms with Crippen LogP contribution in [0.3, 0.4) is 0 Å². The summed E-state index contributed by atoms with van der Waals surface area (Å²) in [6.07, 6.45) is 4.66. The van der Waals surface area contributed by atoms with Crippen LogP contribution in [0.15, 0.2) is 54.6 Å². The Balaban J connectivity index is 0.00000261. The molecule has 1 saturated heterocycles. The number of benzene rings is 2. The molecule has 0 saturated carbocycles. The van der Waals surface area contributed by atoms with E-state index in [1.165, 1.54) is 0 Å². The molecule has 0 spiro atoms. The third kappa shape index (κ3) is 5.29. The van der Waals surface area contributed by atoms with Crippen molar-refractivity contribution in [2.75, 3.05) is 11.4 Å². The van der Waals surface area contributed by atoms with E-state index in [9.17, 15) is 5.11 Å². The van der Waals surface area contributed by atoms with E-state index in [4.69, 9.17) is 6.57 Å². The van der Waals surface area contributed by atoms with Crippen LogP contribution in [-0.4, -0.2) is 23.7 Å². The summed E-state index contributed by atoms with van der Waals surface area (Å²) in [5.74, 6) is 0.193. The standard InChI is InChI=1S/C23H25N2O.Y/c1-17(2)23(26)19-10-12-20(13-11-19)25-16-15-21(24-3)22(25)14-9-18-7-5-4-6-8-18;/h5-14,17,21-23,26H,15-16H2,1-2H3;/q-1;/b14-9+;. The minimum Gasteiger partial charge on any atom is -0.388 e. The van der Waals surface area contributed by atoms with Gasteiger partial charge in [0.25, 0.3) is 0 Å². The van der Waals surface area contributed by atoms with Gasteiger partial charge in [-0.05, 0) is 23.6 Å². The molecule has 2 aromatic rings.